The zero-order valence-corrected chi connectivity index (χ0v) is 11.0. The first-order chi connectivity index (χ1) is 9.09. The molecule has 102 valence electrons. The van der Waals surface area contributed by atoms with Crippen molar-refractivity contribution < 1.29 is 8.78 Å². The van der Waals surface area contributed by atoms with Crippen LogP contribution in [0, 0.1) is 0 Å². The predicted octanol–water partition coefficient (Wildman–Crippen LogP) is 4.01. The van der Waals surface area contributed by atoms with Crippen LogP contribution >= 0.6 is 0 Å². The summed E-state index contributed by atoms with van der Waals surface area (Å²) in [6.45, 7) is 1.92. The zero-order chi connectivity index (χ0) is 13.8. The Morgan fingerprint density at radius 1 is 1.26 bits per heavy atom. The molecule has 0 aliphatic rings. The summed E-state index contributed by atoms with van der Waals surface area (Å²) < 4.78 is 26.2. The van der Waals surface area contributed by atoms with Crippen LogP contribution in [0.25, 0.3) is 0 Å². The van der Waals surface area contributed by atoms with Gasteiger partial charge < -0.3 is 5.32 Å². The monoisotopic (exact) mass is 265 g/mol. The molecule has 2 rings (SSSR count). The van der Waals surface area contributed by atoms with Crippen LogP contribution < -0.4 is 5.32 Å². The van der Waals surface area contributed by atoms with Gasteiger partial charge in [0.2, 0.25) is 0 Å². The number of hydrogen-bond donors (Lipinski definition) is 1. The molecule has 0 bridgehead atoms. The van der Waals surface area contributed by atoms with Crippen LogP contribution in [-0.2, 0) is 6.54 Å². The molecule has 0 fully saturated rings. The minimum Gasteiger partial charge on any atom is -0.378 e. The summed E-state index contributed by atoms with van der Waals surface area (Å²) in [6, 6.07) is 7.88. The van der Waals surface area contributed by atoms with Gasteiger partial charge in [0.15, 0.2) is 0 Å². The number of alkyl halides is 2. The first-order valence-corrected chi connectivity index (χ1v) is 6.22. The number of imidazole rings is 1. The lowest BCUT2D eigenvalue weighted by Crippen LogP contribution is -2.10. The number of rotatable bonds is 5. The first kappa shape index (κ1) is 13.5. The van der Waals surface area contributed by atoms with E-state index in [4.69, 9.17) is 0 Å². The number of aromatic nitrogens is 2. The van der Waals surface area contributed by atoms with Crippen LogP contribution in [0.3, 0.4) is 0 Å². The van der Waals surface area contributed by atoms with Crippen molar-refractivity contribution in [3.8, 4) is 0 Å². The normalized spacial score (nSPS) is 11.3. The molecule has 0 unspecified atom stereocenters. The van der Waals surface area contributed by atoms with Gasteiger partial charge in [-0.05, 0) is 17.5 Å². The fraction of sp³-hybridized carbons (Fsp3) is 0.357. The van der Waals surface area contributed by atoms with E-state index < -0.39 is 6.55 Å². The van der Waals surface area contributed by atoms with Crippen LogP contribution in [0.2, 0.25) is 0 Å². The van der Waals surface area contributed by atoms with Gasteiger partial charge in [0.05, 0.1) is 6.54 Å². The number of benzene rings is 1. The van der Waals surface area contributed by atoms with E-state index in [1.165, 1.54) is 12.4 Å². The lowest BCUT2D eigenvalue weighted by molar-refractivity contribution is 0.0673. The highest BCUT2D eigenvalue weighted by molar-refractivity contribution is 5.52. The number of nitrogens with one attached hydrogen (secondary N) is 1. The Bertz CT molecular complexity index is 535. The van der Waals surface area contributed by atoms with E-state index in [0.717, 1.165) is 15.8 Å². The van der Waals surface area contributed by atoms with E-state index in [0.29, 0.717) is 11.7 Å². The maximum Gasteiger partial charge on any atom is 0.319 e. The average Bonchev–Trinajstić information content (AvgIpc) is 2.85. The number of hydrogen-bond acceptors (Lipinski definition) is 2. The molecule has 1 heterocycles. The summed E-state index contributed by atoms with van der Waals surface area (Å²) in [6.07, 6.45) is 2.67. The van der Waals surface area contributed by atoms with E-state index >= 15 is 0 Å². The predicted molar refractivity (Wildman–Crippen MR) is 71.3 cm³/mol. The molecule has 3 nitrogen and oxygen atoms in total. The van der Waals surface area contributed by atoms with Crippen LogP contribution in [0.1, 0.15) is 37.7 Å². The molecule has 5 heteroatoms. The third kappa shape index (κ3) is 3.10. The summed E-state index contributed by atoms with van der Waals surface area (Å²) in [5, 5.41) is 3.18. The molecule has 0 aliphatic heterocycles. The van der Waals surface area contributed by atoms with Gasteiger partial charge in [-0.1, -0.05) is 32.0 Å². The smallest absolute Gasteiger partial charge is 0.319 e. The summed E-state index contributed by atoms with van der Waals surface area (Å²) in [7, 11) is 0. The topological polar surface area (TPSA) is 29.9 Å². The van der Waals surface area contributed by atoms with Gasteiger partial charge in [-0.3, -0.25) is 4.57 Å². The summed E-state index contributed by atoms with van der Waals surface area (Å²) in [5.74, 6) is 0.701. The van der Waals surface area contributed by atoms with Crippen molar-refractivity contribution in [3.63, 3.8) is 0 Å². The Balaban J connectivity index is 2.13. The van der Waals surface area contributed by atoms with E-state index in [2.05, 4.69) is 24.1 Å². The molecule has 2 aromatic rings. The van der Waals surface area contributed by atoms with Crippen molar-refractivity contribution in [2.45, 2.75) is 32.9 Å². The molecule has 0 spiro atoms. The van der Waals surface area contributed by atoms with Gasteiger partial charge in [0, 0.05) is 18.1 Å². The maximum absolute atomic E-state index is 12.7. The van der Waals surface area contributed by atoms with Crippen LogP contribution in [-0.4, -0.2) is 9.55 Å². The van der Waals surface area contributed by atoms with Crippen molar-refractivity contribution in [2.75, 3.05) is 5.32 Å². The van der Waals surface area contributed by atoms with Gasteiger partial charge in [-0.2, -0.15) is 8.78 Å². The van der Waals surface area contributed by atoms with Crippen molar-refractivity contribution in [2.24, 2.45) is 0 Å². The van der Waals surface area contributed by atoms with Crippen LogP contribution in [0.4, 0.5) is 14.5 Å². The minimum absolute atomic E-state index is 0.279. The fourth-order valence-corrected chi connectivity index (χ4v) is 1.99. The highest BCUT2D eigenvalue weighted by Gasteiger charge is 2.12. The third-order valence-electron chi connectivity index (χ3n) is 2.98. The molecular formula is C14H17F2N3. The summed E-state index contributed by atoms with van der Waals surface area (Å²) >= 11 is 0. The van der Waals surface area contributed by atoms with Gasteiger partial charge in [0.1, 0.15) is 5.82 Å². The largest absolute Gasteiger partial charge is 0.378 e. The second-order valence-electron chi connectivity index (χ2n) is 4.62. The molecule has 0 atom stereocenters. The summed E-state index contributed by atoms with van der Waals surface area (Å²) in [5.41, 5.74) is 2.12. The Morgan fingerprint density at radius 3 is 2.68 bits per heavy atom. The molecule has 0 saturated heterocycles. The van der Waals surface area contributed by atoms with Crippen molar-refractivity contribution >= 4 is 5.69 Å². The van der Waals surface area contributed by atoms with Gasteiger partial charge >= 0.3 is 6.55 Å². The molecule has 0 amide bonds. The highest BCUT2D eigenvalue weighted by atomic mass is 19.3. The van der Waals surface area contributed by atoms with E-state index in [1.807, 2.05) is 24.3 Å². The molecule has 0 saturated carbocycles. The molecule has 1 N–H and O–H groups in total. The van der Waals surface area contributed by atoms with E-state index in [1.54, 1.807) is 0 Å². The molecule has 1 aromatic carbocycles. The standard InChI is InChI=1S/C14H17F2N3/c1-10(2)11-5-3-4-6-12(11)18-9-13-17-7-8-19(13)14(15)16/h3-8,10,14,18H,9H2,1-2H3. The maximum atomic E-state index is 12.7. The Labute approximate surface area is 111 Å². The second kappa shape index (κ2) is 5.82. The van der Waals surface area contributed by atoms with Crippen LogP contribution in [0.5, 0.6) is 0 Å². The lowest BCUT2D eigenvalue weighted by Gasteiger charge is -2.14. The summed E-state index contributed by atoms with van der Waals surface area (Å²) in [4.78, 5) is 3.95. The van der Waals surface area contributed by atoms with Gasteiger partial charge in [-0.15, -0.1) is 0 Å². The fourth-order valence-electron chi connectivity index (χ4n) is 1.99. The number of nitrogens with zero attached hydrogens (tertiary/aromatic N) is 2. The van der Waals surface area contributed by atoms with Crippen molar-refractivity contribution in [1.82, 2.24) is 9.55 Å². The number of anilines is 1. The van der Waals surface area contributed by atoms with E-state index in [-0.39, 0.29) is 6.54 Å². The van der Waals surface area contributed by atoms with E-state index in [9.17, 15) is 8.78 Å². The minimum atomic E-state index is -2.56. The number of para-hydroxylation sites is 1. The molecule has 19 heavy (non-hydrogen) atoms. The average molecular weight is 265 g/mol. The first-order valence-electron chi connectivity index (χ1n) is 6.22. The second-order valence-corrected chi connectivity index (χ2v) is 4.62. The number of halogens is 2. The lowest BCUT2D eigenvalue weighted by atomic mass is 10.0. The molecule has 0 aliphatic carbocycles. The zero-order valence-electron chi connectivity index (χ0n) is 11.0. The molecule has 1 aromatic heterocycles. The van der Waals surface area contributed by atoms with Crippen LogP contribution in [0.15, 0.2) is 36.7 Å². The highest BCUT2D eigenvalue weighted by Crippen LogP contribution is 2.24. The Kier molecular flexibility index (Phi) is 4.14. The van der Waals surface area contributed by atoms with Crippen molar-refractivity contribution in [3.05, 3.63) is 48.0 Å². The molecular weight excluding hydrogens is 248 g/mol. The molecule has 0 radical (unpaired) electrons. The van der Waals surface area contributed by atoms with Gasteiger partial charge in [-0.25, -0.2) is 4.98 Å². The SMILES string of the molecule is CC(C)c1ccccc1NCc1nccn1C(F)F. The Morgan fingerprint density at radius 2 is 2.00 bits per heavy atom. The van der Waals surface area contributed by atoms with Crippen molar-refractivity contribution in [1.29, 1.82) is 0 Å². The third-order valence-corrected chi connectivity index (χ3v) is 2.98. The quantitative estimate of drug-likeness (QED) is 0.885. The van der Waals surface area contributed by atoms with Gasteiger partial charge in [0.25, 0.3) is 0 Å². The Hall–Kier alpha value is -1.91.